The predicted molar refractivity (Wildman–Crippen MR) is 112 cm³/mol. The molecule has 0 radical (unpaired) electrons. The number of hydrogen-bond donors (Lipinski definition) is 0. The van der Waals surface area contributed by atoms with Gasteiger partial charge in [-0.2, -0.15) is 0 Å². The van der Waals surface area contributed by atoms with Crippen molar-refractivity contribution in [2.75, 3.05) is 13.7 Å². The third-order valence-corrected chi connectivity index (χ3v) is 5.78. The van der Waals surface area contributed by atoms with Crippen LogP contribution in [0.25, 0.3) is 22.1 Å². The van der Waals surface area contributed by atoms with Crippen molar-refractivity contribution >= 4 is 62.0 Å². The number of esters is 1. The number of benzene rings is 2. The minimum atomic E-state index is -0.438. The third kappa shape index (κ3) is 3.42. The fourth-order valence-corrected chi connectivity index (χ4v) is 4.36. The third-order valence-electron chi connectivity index (χ3n) is 3.97. The van der Waals surface area contributed by atoms with Crippen molar-refractivity contribution in [3.63, 3.8) is 0 Å². The molecule has 0 saturated heterocycles. The van der Waals surface area contributed by atoms with Crippen molar-refractivity contribution in [2.45, 2.75) is 0 Å². The maximum absolute atomic E-state index is 12.8. The van der Waals surface area contributed by atoms with Crippen LogP contribution in [0.4, 0.5) is 0 Å². The fourth-order valence-electron chi connectivity index (χ4n) is 2.68. The Balaban J connectivity index is 1.71. The molecule has 0 N–H and O–H groups in total. The molecule has 0 aliphatic carbocycles. The van der Waals surface area contributed by atoms with Gasteiger partial charge < -0.3 is 9.47 Å². The molecule has 0 bridgehead atoms. The van der Waals surface area contributed by atoms with Crippen LogP contribution >= 0.6 is 33.9 Å². The lowest BCUT2D eigenvalue weighted by Crippen LogP contribution is -2.22. The van der Waals surface area contributed by atoms with Gasteiger partial charge in [0.2, 0.25) is 0 Å². The Morgan fingerprint density at radius 3 is 2.89 bits per heavy atom. The molecule has 0 aliphatic heterocycles. The highest BCUT2D eigenvalue weighted by Gasteiger charge is 2.11. The van der Waals surface area contributed by atoms with Crippen LogP contribution < -0.4 is 14.8 Å². The van der Waals surface area contributed by atoms with Crippen molar-refractivity contribution in [2.24, 2.45) is 0 Å². The number of carbonyl (C=O) groups is 1. The Morgan fingerprint density at radius 1 is 1.30 bits per heavy atom. The number of carbonyl (C=O) groups excluding carboxylic acids is 1. The van der Waals surface area contributed by atoms with E-state index in [2.05, 4.69) is 32.3 Å². The van der Waals surface area contributed by atoms with E-state index in [0.717, 1.165) is 20.2 Å². The van der Waals surface area contributed by atoms with Crippen molar-refractivity contribution in [3.8, 4) is 5.75 Å². The second kappa shape index (κ2) is 7.28. The molecular formula is C19H13IN2O4S. The molecule has 8 heteroatoms. The van der Waals surface area contributed by atoms with Gasteiger partial charge in [-0.1, -0.05) is 29.5 Å². The van der Waals surface area contributed by atoms with Crippen LogP contribution in [0.5, 0.6) is 5.75 Å². The maximum Gasteiger partial charge on any atom is 0.343 e. The van der Waals surface area contributed by atoms with Gasteiger partial charge in [0.15, 0.2) is 11.6 Å². The number of hydrogen-bond acceptors (Lipinski definition) is 6. The number of halogens is 1. The highest BCUT2D eigenvalue weighted by atomic mass is 127. The van der Waals surface area contributed by atoms with Crippen molar-refractivity contribution in [1.82, 2.24) is 9.38 Å². The van der Waals surface area contributed by atoms with Crippen LogP contribution in [0.15, 0.2) is 47.3 Å². The standard InChI is InChI=1S/C19H13IN2O4S/c1-25-17(23)10-26-15-7-6-11(8-12(15)20)9-16-18(24)22-14-5-3-2-4-13(14)21-19(22)27-16/h2-9H,10H2,1H3/b16-9-. The molecule has 2 aromatic heterocycles. The van der Waals surface area contributed by atoms with Gasteiger partial charge >= 0.3 is 5.97 Å². The molecule has 6 nitrogen and oxygen atoms in total. The summed E-state index contributed by atoms with van der Waals surface area (Å²) in [4.78, 5) is 29.2. The molecule has 0 unspecified atom stereocenters. The highest BCUT2D eigenvalue weighted by molar-refractivity contribution is 14.1. The summed E-state index contributed by atoms with van der Waals surface area (Å²) in [5.41, 5.74) is 2.42. The van der Waals surface area contributed by atoms with Crippen molar-refractivity contribution in [1.29, 1.82) is 0 Å². The largest absolute Gasteiger partial charge is 0.481 e. The Morgan fingerprint density at radius 2 is 2.11 bits per heavy atom. The van der Waals surface area contributed by atoms with E-state index >= 15 is 0 Å². The zero-order valence-corrected chi connectivity index (χ0v) is 17.1. The van der Waals surface area contributed by atoms with E-state index in [9.17, 15) is 9.59 Å². The number of ether oxygens (including phenoxy) is 2. The van der Waals surface area contributed by atoms with Gasteiger partial charge in [-0.25, -0.2) is 14.2 Å². The summed E-state index contributed by atoms with van der Waals surface area (Å²) < 4.78 is 13.1. The Labute approximate surface area is 171 Å². The molecule has 0 spiro atoms. The van der Waals surface area contributed by atoms with Crippen LogP contribution in [0.3, 0.4) is 0 Å². The number of methoxy groups -OCH3 is 1. The van der Waals surface area contributed by atoms with Crippen LogP contribution in [0, 0.1) is 3.57 Å². The summed E-state index contributed by atoms with van der Waals surface area (Å²) in [7, 11) is 1.32. The maximum atomic E-state index is 12.8. The second-order valence-corrected chi connectivity index (χ2v) is 7.86. The molecule has 0 atom stereocenters. The Kier molecular flexibility index (Phi) is 4.83. The molecule has 2 aromatic carbocycles. The second-order valence-electron chi connectivity index (χ2n) is 5.69. The smallest absolute Gasteiger partial charge is 0.343 e. The average Bonchev–Trinajstić information content (AvgIpc) is 3.17. The molecule has 4 rings (SSSR count). The van der Waals surface area contributed by atoms with Crippen molar-refractivity contribution < 1.29 is 14.3 Å². The van der Waals surface area contributed by atoms with Gasteiger partial charge in [-0.15, -0.1) is 0 Å². The van der Waals surface area contributed by atoms with E-state index in [1.54, 1.807) is 10.5 Å². The van der Waals surface area contributed by atoms with Crippen LogP contribution in [0.2, 0.25) is 0 Å². The van der Waals surface area contributed by atoms with Crippen molar-refractivity contribution in [3.05, 3.63) is 66.5 Å². The normalized spacial score (nSPS) is 12.0. The zero-order chi connectivity index (χ0) is 19.0. The number of nitrogens with zero attached hydrogens (tertiary/aromatic N) is 2. The average molecular weight is 492 g/mol. The van der Waals surface area contributed by atoms with Gasteiger partial charge in [0, 0.05) is 0 Å². The van der Waals surface area contributed by atoms with Crippen LogP contribution in [-0.2, 0) is 9.53 Å². The lowest BCUT2D eigenvalue weighted by atomic mass is 10.2. The quantitative estimate of drug-likeness (QED) is 0.324. The van der Waals surface area contributed by atoms with Gasteiger partial charge in [0.1, 0.15) is 5.75 Å². The molecule has 4 aromatic rings. The number of rotatable bonds is 4. The van der Waals surface area contributed by atoms with E-state index in [1.807, 2.05) is 42.5 Å². The summed E-state index contributed by atoms with van der Waals surface area (Å²) in [6, 6.07) is 13.1. The fraction of sp³-hybridized carbons (Fsp3) is 0.105. The number of fused-ring (bicyclic) bond motifs is 3. The minimum absolute atomic E-state index is 0.0790. The zero-order valence-electron chi connectivity index (χ0n) is 14.1. The summed E-state index contributed by atoms with van der Waals surface area (Å²) in [5.74, 6) is 0.152. The molecule has 27 heavy (non-hydrogen) atoms. The molecule has 0 amide bonds. The number of imidazole rings is 1. The van der Waals surface area contributed by atoms with Gasteiger partial charge in [-0.3, -0.25) is 4.79 Å². The first-order valence-corrected chi connectivity index (χ1v) is 9.87. The Bertz CT molecular complexity index is 1280. The SMILES string of the molecule is COC(=O)COc1ccc(/C=c2\sc3nc4ccccc4n3c2=O)cc1I. The molecule has 0 aliphatic rings. The van der Waals surface area contributed by atoms with E-state index in [-0.39, 0.29) is 12.2 Å². The predicted octanol–water partition coefficient (Wildman–Crippen LogP) is 2.61. The van der Waals surface area contributed by atoms with E-state index < -0.39 is 5.97 Å². The Hall–Kier alpha value is -2.46. The first-order valence-electron chi connectivity index (χ1n) is 7.97. The van der Waals surface area contributed by atoms with E-state index in [1.165, 1.54) is 18.4 Å². The lowest BCUT2D eigenvalue weighted by Gasteiger charge is -2.07. The molecule has 0 fully saturated rings. The number of aromatic nitrogens is 2. The summed E-state index contributed by atoms with van der Waals surface area (Å²) in [5, 5.41) is 0. The van der Waals surface area contributed by atoms with Gasteiger partial charge in [0.25, 0.3) is 5.56 Å². The topological polar surface area (TPSA) is 69.9 Å². The van der Waals surface area contributed by atoms with Gasteiger partial charge in [0.05, 0.1) is 26.2 Å². The molecule has 2 heterocycles. The molecular weight excluding hydrogens is 479 g/mol. The van der Waals surface area contributed by atoms with Crippen LogP contribution in [-0.4, -0.2) is 29.1 Å². The molecule has 0 saturated carbocycles. The van der Waals surface area contributed by atoms with E-state index in [0.29, 0.717) is 15.2 Å². The number of thiazole rings is 1. The van der Waals surface area contributed by atoms with E-state index in [4.69, 9.17) is 4.74 Å². The minimum Gasteiger partial charge on any atom is -0.481 e. The number of para-hydroxylation sites is 2. The monoisotopic (exact) mass is 492 g/mol. The lowest BCUT2D eigenvalue weighted by molar-refractivity contribution is -0.142. The first-order chi connectivity index (χ1) is 13.1. The first kappa shape index (κ1) is 17.9. The van der Waals surface area contributed by atoms with Gasteiger partial charge in [-0.05, 0) is 58.5 Å². The summed E-state index contributed by atoms with van der Waals surface area (Å²) in [6.45, 7) is -0.143. The van der Waals surface area contributed by atoms with Crippen LogP contribution in [0.1, 0.15) is 5.56 Å². The summed E-state index contributed by atoms with van der Waals surface area (Å²) >= 11 is 3.49. The summed E-state index contributed by atoms with van der Waals surface area (Å²) in [6.07, 6.45) is 1.84. The molecule has 136 valence electrons. The highest BCUT2D eigenvalue weighted by Crippen LogP contribution is 2.23.